The Kier molecular flexibility index (Phi) is 13.8. The lowest BCUT2D eigenvalue weighted by molar-refractivity contribution is -0.332. The molecule has 1 aliphatic heterocycles. The Morgan fingerprint density at radius 1 is 0.339 bits per heavy atom. The SMILES string of the molecule is c1ccc(COC2O[C@H](COC(c3ccccc3)(c3ccccc3)c3ccccc3)[C@@H](OCc3ccccc3)[C@H](OCc3ccccc3)[C@H]2OCc2ccccc2)cc1. The van der Waals surface area contributed by atoms with Crippen LogP contribution in [0, 0.1) is 0 Å². The molecule has 0 aromatic heterocycles. The van der Waals surface area contributed by atoms with E-state index in [2.05, 4.69) is 109 Å². The zero-order valence-corrected chi connectivity index (χ0v) is 33.1. The first-order valence-electron chi connectivity index (χ1n) is 20.3. The molecular formula is C53H50O6. The summed E-state index contributed by atoms with van der Waals surface area (Å²) in [5.74, 6) is 0. The molecule has 0 bridgehead atoms. The molecule has 8 rings (SSSR count). The van der Waals surface area contributed by atoms with Crippen LogP contribution in [0.1, 0.15) is 38.9 Å². The third-order valence-corrected chi connectivity index (χ3v) is 10.7. The van der Waals surface area contributed by atoms with Crippen LogP contribution in [0.5, 0.6) is 0 Å². The van der Waals surface area contributed by atoms with Crippen LogP contribution in [0.25, 0.3) is 0 Å². The van der Waals surface area contributed by atoms with E-state index in [0.29, 0.717) is 26.4 Å². The molecule has 1 unspecified atom stereocenters. The number of ether oxygens (including phenoxy) is 6. The Hall–Kier alpha value is -5.70. The van der Waals surface area contributed by atoms with Crippen molar-refractivity contribution in [2.24, 2.45) is 0 Å². The lowest BCUT2D eigenvalue weighted by Gasteiger charge is -2.47. The topological polar surface area (TPSA) is 55.4 Å². The summed E-state index contributed by atoms with van der Waals surface area (Å²) in [6.07, 6.45) is -3.39. The lowest BCUT2D eigenvalue weighted by atomic mass is 9.80. The van der Waals surface area contributed by atoms with E-state index in [4.69, 9.17) is 28.4 Å². The van der Waals surface area contributed by atoms with Gasteiger partial charge in [0, 0.05) is 0 Å². The minimum Gasteiger partial charge on any atom is -0.368 e. The average Bonchev–Trinajstić information content (AvgIpc) is 3.32. The van der Waals surface area contributed by atoms with Gasteiger partial charge in [0.15, 0.2) is 6.29 Å². The van der Waals surface area contributed by atoms with E-state index >= 15 is 0 Å². The van der Waals surface area contributed by atoms with Crippen LogP contribution in [0.4, 0.5) is 0 Å². The molecule has 0 spiro atoms. The van der Waals surface area contributed by atoms with Gasteiger partial charge in [0.2, 0.25) is 0 Å². The summed E-state index contributed by atoms with van der Waals surface area (Å²) in [6, 6.07) is 71.8. The molecule has 1 fully saturated rings. The molecule has 0 N–H and O–H groups in total. The Balaban J connectivity index is 1.20. The predicted molar refractivity (Wildman–Crippen MR) is 230 cm³/mol. The van der Waals surface area contributed by atoms with E-state index in [-0.39, 0.29) is 6.61 Å². The minimum absolute atomic E-state index is 0.139. The molecule has 0 amide bonds. The van der Waals surface area contributed by atoms with Crippen LogP contribution in [0.2, 0.25) is 0 Å². The summed E-state index contributed by atoms with van der Waals surface area (Å²) in [5, 5.41) is 0. The van der Waals surface area contributed by atoms with Gasteiger partial charge in [-0.15, -0.1) is 0 Å². The van der Waals surface area contributed by atoms with E-state index in [1.165, 1.54) is 0 Å². The van der Waals surface area contributed by atoms with Crippen molar-refractivity contribution in [1.82, 2.24) is 0 Å². The number of hydrogen-bond acceptors (Lipinski definition) is 6. The van der Waals surface area contributed by atoms with Crippen molar-refractivity contribution in [1.29, 1.82) is 0 Å². The molecule has 7 aromatic rings. The van der Waals surface area contributed by atoms with Crippen LogP contribution in [-0.4, -0.2) is 37.3 Å². The van der Waals surface area contributed by atoms with E-state index in [1.54, 1.807) is 0 Å². The molecule has 6 heteroatoms. The van der Waals surface area contributed by atoms with Gasteiger partial charge in [-0.05, 0) is 38.9 Å². The molecule has 1 aliphatic rings. The number of hydrogen-bond donors (Lipinski definition) is 0. The van der Waals surface area contributed by atoms with Gasteiger partial charge in [-0.2, -0.15) is 0 Å². The first-order valence-corrected chi connectivity index (χ1v) is 20.3. The molecule has 1 saturated heterocycles. The Bertz CT molecular complexity index is 2130. The molecule has 7 aromatic carbocycles. The Morgan fingerprint density at radius 2 is 0.644 bits per heavy atom. The highest BCUT2D eigenvalue weighted by molar-refractivity contribution is 5.47. The predicted octanol–water partition coefficient (Wildman–Crippen LogP) is 10.7. The fourth-order valence-corrected chi connectivity index (χ4v) is 7.74. The molecule has 1 heterocycles. The first kappa shape index (κ1) is 40.1. The Labute approximate surface area is 347 Å². The van der Waals surface area contributed by atoms with Gasteiger partial charge in [0.25, 0.3) is 0 Å². The van der Waals surface area contributed by atoms with Gasteiger partial charge >= 0.3 is 0 Å². The third kappa shape index (κ3) is 10.1. The molecule has 5 atom stereocenters. The largest absolute Gasteiger partial charge is 0.368 e. The second-order valence-corrected chi connectivity index (χ2v) is 14.7. The van der Waals surface area contributed by atoms with Crippen molar-refractivity contribution in [3.05, 3.63) is 251 Å². The second kappa shape index (κ2) is 20.3. The van der Waals surface area contributed by atoms with Crippen LogP contribution >= 0.6 is 0 Å². The van der Waals surface area contributed by atoms with Gasteiger partial charge in [0.05, 0.1) is 33.0 Å². The summed E-state index contributed by atoms with van der Waals surface area (Å²) >= 11 is 0. The highest BCUT2D eigenvalue weighted by Crippen LogP contribution is 2.42. The van der Waals surface area contributed by atoms with Crippen LogP contribution in [-0.2, 0) is 60.4 Å². The van der Waals surface area contributed by atoms with Crippen LogP contribution < -0.4 is 0 Å². The van der Waals surface area contributed by atoms with Crippen molar-refractivity contribution >= 4 is 0 Å². The van der Waals surface area contributed by atoms with E-state index in [1.807, 2.05) is 103 Å². The average molecular weight is 783 g/mol. The molecular weight excluding hydrogens is 733 g/mol. The first-order chi connectivity index (χ1) is 29.3. The molecule has 298 valence electrons. The highest BCUT2D eigenvalue weighted by atomic mass is 16.7. The fourth-order valence-electron chi connectivity index (χ4n) is 7.74. The van der Waals surface area contributed by atoms with Crippen molar-refractivity contribution in [3.8, 4) is 0 Å². The highest BCUT2D eigenvalue weighted by Gasteiger charge is 2.50. The summed E-state index contributed by atoms with van der Waals surface area (Å²) in [4.78, 5) is 0. The van der Waals surface area contributed by atoms with Gasteiger partial charge in [-0.25, -0.2) is 0 Å². The second-order valence-electron chi connectivity index (χ2n) is 14.7. The standard InChI is InChI=1S/C53H50O6/c1-8-22-41(23-9-1)36-54-49-48(40-58-53(45-30-16-5-17-31-45,46-32-18-6-19-33-46)47-34-20-7-21-35-47)59-52(57-39-44-28-14-4-15-29-44)51(56-38-43-26-12-3-13-27-43)50(49)55-37-42-24-10-2-11-25-42/h1-35,48-52H,36-40H2/t48-,49-,50+,51-,52?/m1/s1. The summed E-state index contributed by atoms with van der Waals surface area (Å²) in [5.41, 5.74) is 6.11. The fraction of sp³-hybridized carbons (Fsp3) is 0.208. The number of benzene rings is 7. The van der Waals surface area contributed by atoms with Gasteiger partial charge < -0.3 is 28.4 Å². The number of rotatable bonds is 18. The van der Waals surface area contributed by atoms with Crippen LogP contribution in [0.15, 0.2) is 212 Å². The van der Waals surface area contributed by atoms with Crippen molar-refractivity contribution < 1.29 is 28.4 Å². The molecule has 0 radical (unpaired) electrons. The zero-order valence-electron chi connectivity index (χ0n) is 33.1. The molecule has 0 aliphatic carbocycles. The molecule has 0 saturated carbocycles. The molecule has 59 heavy (non-hydrogen) atoms. The maximum absolute atomic E-state index is 7.44. The van der Waals surface area contributed by atoms with Gasteiger partial charge in [0.1, 0.15) is 30.0 Å². The summed E-state index contributed by atoms with van der Waals surface area (Å²) < 4.78 is 42.2. The summed E-state index contributed by atoms with van der Waals surface area (Å²) in [7, 11) is 0. The minimum atomic E-state index is -0.988. The quantitative estimate of drug-likeness (QED) is 0.0808. The van der Waals surface area contributed by atoms with E-state index in [0.717, 1.165) is 38.9 Å². The smallest absolute Gasteiger partial charge is 0.187 e. The zero-order chi connectivity index (χ0) is 40.0. The van der Waals surface area contributed by atoms with Gasteiger partial charge in [-0.1, -0.05) is 212 Å². The normalized spacial score (nSPS) is 19.3. The van der Waals surface area contributed by atoms with Crippen molar-refractivity contribution in [2.75, 3.05) is 6.61 Å². The van der Waals surface area contributed by atoms with Gasteiger partial charge in [-0.3, -0.25) is 0 Å². The maximum atomic E-state index is 7.44. The summed E-state index contributed by atoms with van der Waals surface area (Å²) in [6.45, 7) is 1.45. The van der Waals surface area contributed by atoms with E-state index in [9.17, 15) is 0 Å². The van der Waals surface area contributed by atoms with Crippen molar-refractivity contribution in [2.45, 2.75) is 62.7 Å². The van der Waals surface area contributed by atoms with E-state index < -0.39 is 36.3 Å². The Morgan fingerprint density at radius 3 is 1.02 bits per heavy atom. The molecule has 6 nitrogen and oxygen atoms in total. The lowest BCUT2D eigenvalue weighted by Crippen LogP contribution is -2.62. The van der Waals surface area contributed by atoms with Crippen molar-refractivity contribution in [3.63, 3.8) is 0 Å². The van der Waals surface area contributed by atoms with Crippen LogP contribution in [0.3, 0.4) is 0 Å². The monoisotopic (exact) mass is 782 g/mol. The third-order valence-electron chi connectivity index (χ3n) is 10.7. The maximum Gasteiger partial charge on any atom is 0.187 e.